The van der Waals surface area contributed by atoms with Gasteiger partial charge in [-0.2, -0.15) is 9.61 Å². The van der Waals surface area contributed by atoms with E-state index >= 15 is 0 Å². The van der Waals surface area contributed by atoms with Crippen molar-refractivity contribution in [3.8, 4) is 22.8 Å². The zero-order chi connectivity index (χ0) is 20.5. The molecule has 5 rings (SSSR count). The lowest BCUT2D eigenvalue weighted by molar-refractivity contribution is 0.101. The van der Waals surface area contributed by atoms with Crippen LogP contribution >= 0.6 is 0 Å². The maximum atomic E-state index is 12.2. The number of nitrogens with one attached hydrogen (secondary N) is 1. The molecule has 0 aliphatic rings. The average Bonchev–Trinajstić information content (AvgIpc) is 3.41. The van der Waals surface area contributed by atoms with Crippen LogP contribution in [0.1, 0.15) is 16.2 Å². The van der Waals surface area contributed by atoms with Crippen molar-refractivity contribution in [3.63, 3.8) is 0 Å². The number of anilines is 1. The number of nitrogens with zero attached hydrogens (tertiary/aromatic N) is 6. The molecule has 5 aromatic rings. The smallest absolute Gasteiger partial charge is 0.277 e. The number of fused-ring (bicyclic) bond motifs is 1. The highest BCUT2D eigenvalue weighted by Gasteiger charge is 2.13. The first-order valence-corrected chi connectivity index (χ1v) is 9.16. The second-order valence-electron chi connectivity index (χ2n) is 6.58. The Bertz CT molecular complexity index is 1340. The molecule has 9 nitrogen and oxygen atoms in total. The van der Waals surface area contributed by atoms with Gasteiger partial charge in [-0.1, -0.05) is 23.4 Å². The molecule has 0 radical (unpaired) electrons. The zero-order valence-corrected chi connectivity index (χ0v) is 15.9. The summed E-state index contributed by atoms with van der Waals surface area (Å²) < 4.78 is 6.60. The van der Waals surface area contributed by atoms with Crippen LogP contribution in [-0.2, 0) is 0 Å². The van der Waals surface area contributed by atoms with Gasteiger partial charge in [0.05, 0.1) is 5.69 Å². The summed E-state index contributed by atoms with van der Waals surface area (Å²) in [6.07, 6.45) is 1.70. The monoisotopic (exact) mass is 397 g/mol. The maximum Gasteiger partial charge on any atom is 0.277 e. The summed E-state index contributed by atoms with van der Waals surface area (Å²) in [5.41, 5.74) is 3.82. The molecule has 0 atom stereocenters. The minimum atomic E-state index is -0.330. The lowest BCUT2D eigenvalue weighted by Crippen LogP contribution is -2.12. The van der Waals surface area contributed by atoms with Crippen molar-refractivity contribution in [2.45, 2.75) is 6.92 Å². The van der Waals surface area contributed by atoms with E-state index in [1.165, 1.54) is 0 Å². The van der Waals surface area contributed by atoms with E-state index in [2.05, 4.69) is 30.8 Å². The van der Waals surface area contributed by atoms with Gasteiger partial charge in [-0.25, -0.2) is 0 Å². The molecule has 30 heavy (non-hydrogen) atoms. The van der Waals surface area contributed by atoms with E-state index in [1.807, 2.05) is 42.5 Å². The van der Waals surface area contributed by atoms with Gasteiger partial charge in [0, 0.05) is 23.5 Å². The topological polar surface area (TPSA) is 111 Å². The van der Waals surface area contributed by atoms with Crippen LogP contribution < -0.4 is 5.32 Å². The average molecular weight is 397 g/mol. The normalized spacial score (nSPS) is 11.0. The maximum absolute atomic E-state index is 12.2. The Labute approximate surface area is 170 Å². The molecule has 0 fully saturated rings. The minimum absolute atomic E-state index is 0.235. The van der Waals surface area contributed by atoms with Crippen molar-refractivity contribution >= 4 is 17.2 Å². The van der Waals surface area contributed by atoms with Crippen LogP contribution in [0.25, 0.3) is 28.4 Å². The molecule has 0 bridgehead atoms. The summed E-state index contributed by atoms with van der Waals surface area (Å²) >= 11 is 0. The number of hydrogen-bond acceptors (Lipinski definition) is 7. The summed E-state index contributed by atoms with van der Waals surface area (Å²) in [4.78, 5) is 16.5. The van der Waals surface area contributed by atoms with Gasteiger partial charge < -0.3 is 9.84 Å². The fraction of sp³-hybridized carbons (Fsp3) is 0.0476. The Kier molecular flexibility index (Phi) is 4.25. The molecule has 1 N–H and O–H groups in total. The van der Waals surface area contributed by atoms with Crippen molar-refractivity contribution in [2.24, 2.45) is 0 Å². The Hall–Kier alpha value is -4.40. The quantitative estimate of drug-likeness (QED) is 0.495. The van der Waals surface area contributed by atoms with Gasteiger partial charge >= 0.3 is 0 Å². The van der Waals surface area contributed by atoms with Crippen molar-refractivity contribution in [1.82, 2.24) is 30.0 Å². The number of pyridine rings is 1. The van der Waals surface area contributed by atoms with Crippen LogP contribution in [0.5, 0.6) is 0 Å². The zero-order valence-electron chi connectivity index (χ0n) is 15.9. The molecule has 0 aliphatic heterocycles. The summed E-state index contributed by atoms with van der Waals surface area (Å²) in [6.45, 7) is 1.73. The van der Waals surface area contributed by atoms with Gasteiger partial charge in [0.25, 0.3) is 5.91 Å². The number of rotatable bonds is 4. The predicted molar refractivity (Wildman–Crippen MR) is 109 cm³/mol. The molecule has 0 saturated heterocycles. The summed E-state index contributed by atoms with van der Waals surface area (Å²) in [7, 11) is 0. The number of aryl methyl sites for hydroxylation is 1. The third-order valence-corrected chi connectivity index (χ3v) is 4.46. The third kappa shape index (κ3) is 3.28. The fourth-order valence-electron chi connectivity index (χ4n) is 2.99. The van der Waals surface area contributed by atoms with Gasteiger partial charge in [-0.3, -0.25) is 9.78 Å². The molecule has 0 spiro atoms. The molecule has 0 saturated carbocycles. The first kappa shape index (κ1) is 17.7. The van der Waals surface area contributed by atoms with E-state index < -0.39 is 0 Å². The third-order valence-electron chi connectivity index (χ3n) is 4.46. The van der Waals surface area contributed by atoms with E-state index in [-0.39, 0.29) is 11.6 Å². The number of amides is 1. The van der Waals surface area contributed by atoms with E-state index in [4.69, 9.17) is 4.52 Å². The summed E-state index contributed by atoms with van der Waals surface area (Å²) in [5.74, 6) is 0.818. The van der Waals surface area contributed by atoms with Crippen LogP contribution in [0, 0.1) is 6.92 Å². The highest BCUT2D eigenvalue weighted by molar-refractivity contribution is 6.02. The van der Waals surface area contributed by atoms with E-state index in [0.29, 0.717) is 28.6 Å². The van der Waals surface area contributed by atoms with Gasteiger partial charge in [0.15, 0.2) is 11.3 Å². The van der Waals surface area contributed by atoms with E-state index in [1.54, 1.807) is 35.8 Å². The molecule has 1 amide bonds. The van der Waals surface area contributed by atoms with E-state index in [9.17, 15) is 4.79 Å². The van der Waals surface area contributed by atoms with Gasteiger partial charge in [-0.05, 0) is 43.3 Å². The molecule has 1 aromatic carbocycles. The largest absolute Gasteiger partial charge is 0.361 e. The standard InChI is InChI=1S/C21H15N7O2/c1-13-12-18(27-30-13)21(29)23-15-7-5-14(6-8-15)16-9-10-19-24-25-20(28(19)26-16)17-4-2-3-11-22-17/h2-12H,1H3,(H,23,29). The summed E-state index contributed by atoms with van der Waals surface area (Å²) in [5, 5.41) is 19.5. The molecule has 4 aromatic heterocycles. The predicted octanol–water partition coefficient (Wildman–Crippen LogP) is 3.40. The van der Waals surface area contributed by atoms with Gasteiger partial charge in [-0.15, -0.1) is 10.2 Å². The number of carbonyl (C=O) groups is 1. The Morgan fingerprint density at radius 3 is 2.60 bits per heavy atom. The number of aromatic nitrogens is 6. The van der Waals surface area contributed by atoms with Crippen LogP contribution in [0.15, 0.2) is 71.4 Å². The number of hydrogen-bond donors (Lipinski definition) is 1. The van der Waals surface area contributed by atoms with Gasteiger partial charge in [0.2, 0.25) is 5.82 Å². The fourth-order valence-corrected chi connectivity index (χ4v) is 2.99. The molecular weight excluding hydrogens is 382 g/mol. The molecular formula is C21H15N7O2. The van der Waals surface area contributed by atoms with Crippen LogP contribution in [0.4, 0.5) is 5.69 Å². The minimum Gasteiger partial charge on any atom is -0.361 e. The number of carbonyl (C=O) groups excluding carboxylic acids is 1. The second-order valence-corrected chi connectivity index (χ2v) is 6.58. The first-order chi connectivity index (χ1) is 14.7. The lowest BCUT2D eigenvalue weighted by Gasteiger charge is -2.06. The Morgan fingerprint density at radius 2 is 1.87 bits per heavy atom. The lowest BCUT2D eigenvalue weighted by atomic mass is 10.1. The highest BCUT2D eigenvalue weighted by atomic mass is 16.5. The highest BCUT2D eigenvalue weighted by Crippen LogP contribution is 2.22. The van der Waals surface area contributed by atoms with Crippen LogP contribution in [0.2, 0.25) is 0 Å². The molecule has 4 heterocycles. The Balaban J connectivity index is 1.42. The molecule has 146 valence electrons. The summed E-state index contributed by atoms with van der Waals surface area (Å²) in [6, 6.07) is 18.3. The Morgan fingerprint density at radius 1 is 1.00 bits per heavy atom. The van der Waals surface area contributed by atoms with E-state index in [0.717, 1.165) is 11.3 Å². The van der Waals surface area contributed by atoms with Crippen molar-refractivity contribution < 1.29 is 9.32 Å². The van der Waals surface area contributed by atoms with Gasteiger partial charge in [0.1, 0.15) is 11.5 Å². The molecule has 0 aliphatic carbocycles. The van der Waals surface area contributed by atoms with Crippen molar-refractivity contribution in [2.75, 3.05) is 5.32 Å². The molecule has 9 heteroatoms. The van der Waals surface area contributed by atoms with Crippen LogP contribution in [0.3, 0.4) is 0 Å². The van der Waals surface area contributed by atoms with Crippen molar-refractivity contribution in [1.29, 1.82) is 0 Å². The number of benzene rings is 1. The second kappa shape index (κ2) is 7.21. The SMILES string of the molecule is Cc1cc(C(=O)Nc2ccc(-c3ccc4nnc(-c5ccccn5)n4n3)cc2)no1. The molecule has 0 unspecified atom stereocenters. The van der Waals surface area contributed by atoms with Crippen LogP contribution in [-0.4, -0.2) is 35.9 Å². The first-order valence-electron chi connectivity index (χ1n) is 9.16. The van der Waals surface area contributed by atoms with Crippen molar-refractivity contribution in [3.05, 3.63) is 78.3 Å².